The van der Waals surface area contributed by atoms with Crippen LogP contribution in [0.2, 0.25) is 0 Å². The van der Waals surface area contributed by atoms with Crippen LogP contribution in [-0.2, 0) is 0 Å². The molecule has 10 heavy (non-hydrogen) atoms. The largest absolute Gasteiger partial charge is 0.325 e. The zero-order valence-electron chi connectivity index (χ0n) is 6.61. The summed E-state index contributed by atoms with van der Waals surface area (Å²) in [6.45, 7) is 0. The number of nitrogens with two attached hydrogens (primary N) is 1. The van der Waals surface area contributed by atoms with Gasteiger partial charge >= 0.3 is 0 Å². The number of nitrogens with one attached hydrogen (secondary N) is 1. The Morgan fingerprint density at radius 3 is 2.00 bits per heavy atom. The maximum Gasteiger partial charge on any atom is 0.0197 e. The van der Waals surface area contributed by atoms with Crippen LogP contribution in [0.25, 0.3) is 0 Å². The van der Waals surface area contributed by atoms with Crippen LogP contribution >= 0.6 is 0 Å². The van der Waals surface area contributed by atoms with Crippen molar-refractivity contribution in [2.45, 2.75) is 43.2 Å². The van der Waals surface area contributed by atoms with Gasteiger partial charge in [-0.1, -0.05) is 0 Å². The van der Waals surface area contributed by atoms with E-state index in [9.17, 15) is 0 Å². The zero-order valence-corrected chi connectivity index (χ0v) is 6.61. The fraction of sp³-hybridized carbons (Fsp3) is 1.00. The van der Waals surface area contributed by atoms with Gasteiger partial charge in [-0.05, 0) is 39.2 Å². The van der Waals surface area contributed by atoms with Crippen LogP contribution in [0.4, 0.5) is 0 Å². The van der Waals surface area contributed by atoms with Gasteiger partial charge in [0, 0.05) is 11.1 Å². The topological polar surface area (TPSA) is 38.0 Å². The molecule has 2 aliphatic carbocycles. The highest BCUT2D eigenvalue weighted by atomic mass is 15.0. The summed E-state index contributed by atoms with van der Waals surface area (Å²) in [7, 11) is 2.07. The van der Waals surface area contributed by atoms with E-state index >= 15 is 0 Å². The Hall–Kier alpha value is -0.0800. The van der Waals surface area contributed by atoms with E-state index in [1.807, 2.05) is 0 Å². The van der Waals surface area contributed by atoms with E-state index in [1.165, 1.54) is 32.1 Å². The molecule has 0 saturated heterocycles. The molecule has 2 heteroatoms. The molecule has 2 fully saturated rings. The molecule has 0 radical (unpaired) electrons. The van der Waals surface area contributed by atoms with Crippen molar-refractivity contribution >= 4 is 0 Å². The molecule has 0 aromatic heterocycles. The maximum atomic E-state index is 6.12. The lowest BCUT2D eigenvalue weighted by Crippen LogP contribution is -2.38. The van der Waals surface area contributed by atoms with Crippen LogP contribution in [-0.4, -0.2) is 18.1 Å². The summed E-state index contributed by atoms with van der Waals surface area (Å²) in [5.41, 5.74) is 6.77. The van der Waals surface area contributed by atoms with Gasteiger partial charge in [0.1, 0.15) is 0 Å². The van der Waals surface area contributed by atoms with Gasteiger partial charge in [0.15, 0.2) is 0 Å². The summed E-state index contributed by atoms with van der Waals surface area (Å²) >= 11 is 0. The van der Waals surface area contributed by atoms with Crippen LogP contribution in [0.1, 0.15) is 32.1 Å². The summed E-state index contributed by atoms with van der Waals surface area (Å²) < 4.78 is 0. The van der Waals surface area contributed by atoms with E-state index in [-0.39, 0.29) is 5.54 Å². The van der Waals surface area contributed by atoms with Gasteiger partial charge in [-0.2, -0.15) is 0 Å². The Kier molecular flexibility index (Phi) is 1.15. The van der Waals surface area contributed by atoms with Gasteiger partial charge in [0.05, 0.1) is 0 Å². The molecule has 2 aliphatic rings. The van der Waals surface area contributed by atoms with Crippen molar-refractivity contribution in [3.63, 3.8) is 0 Å². The van der Waals surface area contributed by atoms with Crippen LogP contribution in [0.3, 0.4) is 0 Å². The van der Waals surface area contributed by atoms with E-state index in [0.717, 1.165) is 0 Å². The third-order valence-corrected chi connectivity index (χ3v) is 3.42. The Morgan fingerprint density at radius 1 is 1.20 bits per heavy atom. The Bertz CT molecular complexity index is 145. The Labute approximate surface area is 62.2 Å². The van der Waals surface area contributed by atoms with Crippen molar-refractivity contribution in [1.82, 2.24) is 5.32 Å². The van der Waals surface area contributed by atoms with Crippen LogP contribution in [0.5, 0.6) is 0 Å². The average molecular weight is 140 g/mol. The quantitative estimate of drug-likeness (QED) is 0.560. The van der Waals surface area contributed by atoms with Crippen molar-refractivity contribution in [2.75, 3.05) is 7.05 Å². The number of rotatable bonds is 1. The molecule has 0 aliphatic heterocycles. The highest BCUT2D eigenvalue weighted by Gasteiger charge is 2.51. The normalized spacial score (nSPS) is 52.2. The van der Waals surface area contributed by atoms with Gasteiger partial charge < -0.3 is 11.1 Å². The van der Waals surface area contributed by atoms with Gasteiger partial charge in [-0.3, -0.25) is 0 Å². The Morgan fingerprint density at radius 2 is 1.80 bits per heavy atom. The first-order valence-corrected chi connectivity index (χ1v) is 4.16. The van der Waals surface area contributed by atoms with Crippen LogP contribution in [0.15, 0.2) is 0 Å². The fourth-order valence-corrected chi connectivity index (χ4v) is 2.59. The summed E-state index contributed by atoms with van der Waals surface area (Å²) in [4.78, 5) is 0. The van der Waals surface area contributed by atoms with Crippen molar-refractivity contribution in [1.29, 1.82) is 0 Å². The second-order valence-electron chi connectivity index (χ2n) is 4.07. The minimum atomic E-state index is 0.211. The molecule has 3 N–H and O–H groups in total. The zero-order chi connectivity index (χ0) is 7.24. The molecule has 2 rings (SSSR count). The molecule has 2 saturated carbocycles. The van der Waals surface area contributed by atoms with Crippen LogP contribution < -0.4 is 11.1 Å². The molecule has 2 nitrogen and oxygen atoms in total. The predicted octanol–water partition coefficient (Wildman–Crippen LogP) is 0.620. The summed E-state index contributed by atoms with van der Waals surface area (Å²) in [6, 6.07) is 0. The van der Waals surface area contributed by atoms with Gasteiger partial charge in [-0.15, -0.1) is 0 Å². The van der Waals surface area contributed by atoms with Gasteiger partial charge in [-0.25, -0.2) is 0 Å². The Balaban J connectivity index is 2.19. The standard InChI is InChI=1S/C8H16N2/c1-10-8-4-2-7(9,6-8)3-5-8/h10H,2-6,9H2,1H3. The summed E-state index contributed by atoms with van der Waals surface area (Å²) in [6.07, 6.45) is 6.25. The molecule has 0 unspecified atom stereocenters. The fourth-order valence-electron chi connectivity index (χ4n) is 2.59. The molecule has 0 amide bonds. The number of hydrogen-bond donors (Lipinski definition) is 2. The SMILES string of the molecule is CNC12CCC(N)(CC1)C2. The van der Waals surface area contributed by atoms with Crippen molar-refractivity contribution in [3.05, 3.63) is 0 Å². The minimum Gasteiger partial charge on any atom is -0.325 e. The summed E-state index contributed by atoms with van der Waals surface area (Å²) in [5.74, 6) is 0. The second-order valence-corrected chi connectivity index (χ2v) is 4.07. The molecule has 2 bridgehead atoms. The third-order valence-electron chi connectivity index (χ3n) is 3.42. The molecule has 0 aromatic rings. The maximum absolute atomic E-state index is 6.12. The van der Waals surface area contributed by atoms with Crippen molar-refractivity contribution < 1.29 is 0 Å². The molecular formula is C8H16N2. The number of hydrogen-bond acceptors (Lipinski definition) is 2. The average Bonchev–Trinajstić information content (AvgIpc) is 2.42. The van der Waals surface area contributed by atoms with Crippen molar-refractivity contribution in [2.24, 2.45) is 5.73 Å². The van der Waals surface area contributed by atoms with E-state index in [1.54, 1.807) is 0 Å². The van der Waals surface area contributed by atoms with E-state index in [0.29, 0.717) is 5.54 Å². The van der Waals surface area contributed by atoms with Crippen molar-refractivity contribution in [3.8, 4) is 0 Å². The van der Waals surface area contributed by atoms with E-state index < -0.39 is 0 Å². The van der Waals surface area contributed by atoms with Gasteiger partial charge in [0.2, 0.25) is 0 Å². The highest BCUT2D eigenvalue weighted by molar-refractivity contribution is 5.12. The van der Waals surface area contributed by atoms with E-state index in [4.69, 9.17) is 5.73 Å². The second kappa shape index (κ2) is 1.74. The predicted molar refractivity (Wildman–Crippen MR) is 41.8 cm³/mol. The van der Waals surface area contributed by atoms with Gasteiger partial charge in [0.25, 0.3) is 0 Å². The van der Waals surface area contributed by atoms with E-state index in [2.05, 4.69) is 12.4 Å². The first kappa shape index (κ1) is 6.62. The molecule has 0 atom stereocenters. The minimum absolute atomic E-state index is 0.211. The lowest BCUT2D eigenvalue weighted by molar-refractivity contribution is 0.347. The molecular weight excluding hydrogens is 124 g/mol. The molecule has 0 aromatic carbocycles. The monoisotopic (exact) mass is 140 g/mol. The lowest BCUT2D eigenvalue weighted by Gasteiger charge is -2.25. The molecule has 0 heterocycles. The first-order chi connectivity index (χ1) is 4.68. The molecule has 0 spiro atoms. The number of fused-ring (bicyclic) bond motifs is 2. The third kappa shape index (κ3) is 0.722. The molecule has 58 valence electrons. The van der Waals surface area contributed by atoms with Crippen LogP contribution in [0, 0.1) is 0 Å². The smallest absolute Gasteiger partial charge is 0.0197 e. The highest BCUT2D eigenvalue weighted by Crippen LogP contribution is 2.48. The summed E-state index contributed by atoms with van der Waals surface area (Å²) in [5, 5.41) is 3.41. The lowest BCUT2D eigenvalue weighted by atomic mass is 9.92. The first-order valence-electron chi connectivity index (χ1n) is 4.16.